The standard InChI is InChI=1S/C17H19N3S/c18-17(20-10-12-21-13-11-20)19-16-9-5-4-8-15(16)14-6-2-1-3-7-14/h1-9H,10-13H2,(H2,18,19). The topological polar surface area (TPSA) is 41.6 Å². The molecule has 1 saturated heterocycles. The van der Waals surface area contributed by atoms with Crippen LogP contribution in [-0.4, -0.2) is 35.5 Å². The van der Waals surface area contributed by atoms with Crippen molar-refractivity contribution in [2.24, 2.45) is 10.7 Å². The average molecular weight is 297 g/mol. The van der Waals surface area contributed by atoms with E-state index in [0.29, 0.717) is 5.96 Å². The number of rotatable bonds is 2. The normalized spacial score (nSPS) is 16.0. The number of benzene rings is 2. The fraction of sp³-hybridized carbons (Fsp3) is 0.235. The maximum Gasteiger partial charge on any atom is 0.196 e. The van der Waals surface area contributed by atoms with Gasteiger partial charge >= 0.3 is 0 Å². The van der Waals surface area contributed by atoms with Crippen molar-refractivity contribution >= 4 is 23.4 Å². The molecule has 0 spiro atoms. The molecular weight excluding hydrogens is 278 g/mol. The van der Waals surface area contributed by atoms with Crippen LogP contribution in [0.15, 0.2) is 59.6 Å². The molecule has 0 saturated carbocycles. The molecule has 0 atom stereocenters. The summed E-state index contributed by atoms with van der Waals surface area (Å²) in [4.78, 5) is 6.84. The molecule has 0 aromatic heterocycles. The lowest BCUT2D eigenvalue weighted by Crippen LogP contribution is -2.42. The van der Waals surface area contributed by atoms with Crippen LogP contribution >= 0.6 is 11.8 Å². The first-order chi connectivity index (χ1) is 10.3. The molecule has 0 radical (unpaired) electrons. The Labute approximate surface area is 129 Å². The zero-order chi connectivity index (χ0) is 14.5. The molecule has 2 aromatic carbocycles. The first kappa shape index (κ1) is 14.0. The third-order valence-electron chi connectivity index (χ3n) is 3.56. The van der Waals surface area contributed by atoms with Crippen LogP contribution in [0.1, 0.15) is 0 Å². The van der Waals surface area contributed by atoms with E-state index in [4.69, 9.17) is 5.73 Å². The fourth-order valence-electron chi connectivity index (χ4n) is 2.42. The van der Waals surface area contributed by atoms with Crippen molar-refractivity contribution in [1.29, 1.82) is 0 Å². The summed E-state index contributed by atoms with van der Waals surface area (Å²) in [6, 6.07) is 18.5. The van der Waals surface area contributed by atoms with Gasteiger partial charge in [-0.15, -0.1) is 0 Å². The smallest absolute Gasteiger partial charge is 0.196 e. The van der Waals surface area contributed by atoms with E-state index in [1.165, 1.54) is 5.56 Å². The number of aliphatic imine (C=N–C) groups is 1. The average Bonchev–Trinajstić information content (AvgIpc) is 2.57. The van der Waals surface area contributed by atoms with Gasteiger partial charge in [0, 0.05) is 30.2 Å². The SMILES string of the molecule is NC(=Nc1ccccc1-c1ccccc1)N1CCSCC1. The number of hydrogen-bond donors (Lipinski definition) is 1. The van der Waals surface area contributed by atoms with E-state index < -0.39 is 0 Å². The predicted molar refractivity (Wildman–Crippen MR) is 92.1 cm³/mol. The Morgan fingerprint density at radius 3 is 2.38 bits per heavy atom. The van der Waals surface area contributed by atoms with Gasteiger partial charge in [-0.1, -0.05) is 48.5 Å². The highest BCUT2D eigenvalue weighted by Gasteiger charge is 2.13. The molecule has 1 aliphatic rings. The summed E-state index contributed by atoms with van der Waals surface area (Å²) in [5, 5.41) is 0. The van der Waals surface area contributed by atoms with E-state index in [9.17, 15) is 0 Å². The van der Waals surface area contributed by atoms with Gasteiger partial charge in [-0.05, 0) is 11.6 Å². The number of thioether (sulfide) groups is 1. The molecule has 3 rings (SSSR count). The van der Waals surface area contributed by atoms with Gasteiger partial charge < -0.3 is 10.6 Å². The Hall–Kier alpha value is -1.94. The van der Waals surface area contributed by atoms with Gasteiger partial charge in [0.2, 0.25) is 0 Å². The molecule has 0 bridgehead atoms. The summed E-state index contributed by atoms with van der Waals surface area (Å²) in [6.45, 7) is 1.96. The van der Waals surface area contributed by atoms with E-state index >= 15 is 0 Å². The minimum atomic E-state index is 0.624. The molecule has 1 fully saturated rings. The number of guanidine groups is 1. The minimum Gasteiger partial charge on any atom is -0.369 e. The van der Waals surface area contributed by atoms with Crippen LogP contribution in [0.4, 0.5) is 5.69 Å². The Balaban J connectivity index is 1.92. The highest BCUT2D eigenvalue weighted by molar-refractivity contribution is 7.99. The number of hydrogen-bond acceptors (Lipinski definition) is 2. The second kappa shape index (κ2) is 6.68. The highest BCUT2D eigenvalue weighted by Crippen LogP contribution is 2.30. The Morgan fingerprint density at radius 1 is 0.952 bits per heavy atom. The molecule has 2 aromatic rings. The molecule has 3 nitrogen and oxygen atoms in total. The largest absolute Gasteiger partial charge is 0.369 e. The molecular formula is C17H19N3S. The van der Waals surface area contributed by atoms with Crippen molar-refractivity contribution in [3.8, 4) is 11.1 Å². The monoisotopic (exact) mass is 297 g/mol. The second-order valence-electron chi connectivity index (χ2n) is 4.95. The quantitative estimate of drug-likeness (QED) is 0.683. The predicted octanol–water partition coefficient (Wildman–Crippen LogP) is 3.35. The van der Waals surface area contributed by atoms with Gasteiger partial charge in [0.05, 0.1) is 5.69 Å². The Morgan fingerprint density at radius 2 is 1.62 bits per heavy atom. The maximum absolute atomic E-state index is 6.19. The van der Waals surface area contributed by atoms with Crippen LogP contribution in [0.2, 0.25) is 0 Å². The van der Waals surface area contributed by atoms with Gasteiger partial charge in [0.1, 0.15) is 0 Å². The van der Waals surface area contributed by atoms with Crippen LogP contribution in [0.3, 0.4) is 0 Å². The molecule has 4 heteroatoms. The summed E-state index contributed by atoms with van der Waals surface area (Å²) in [5.74, 6) is 2.87. The zero-order valence-electron chi connectivity index (χ0n) is 11.9. The van der Waals surface area contributed by atoms with E-state index in [1.54, 1.807) is 0 Å². The van der Waals surface area contributed by atoms with Crippen LogP contribution in [0.5, 0.6) is 0 Å². The summed E-state index contributed by atoms with van der Waals surface area (Å²) < 4.78 is 0. The third kappa shape index (κ3) is 3.39. The third-order valence-corrected chi connectivity index (χ3v) is 4.50. The van der Waals surface area contributed by atoms with Crippen molar-refractivity contribution in [2.45, 2.75) is 0 Å². The number of para-hydroxylation sites is 1. The van der Waals surface area contributed by atoms with Crippen LogP contribution in [-0.2, 0) is 0 Å². The van der Waals surface area contributed by atoms with Crippen LogP contribution in [0, 0.1) is 0 Å². The zero-order valence-corrected chi connectivity index (χ0v) is 12.7. The molecule has 1 heterocycles. The van der Waals surface area contributed by atoms with E-state index in [2.05, 4.69) is 28.1 Å². The van der Waals surface area contributed by atoms with Crippen molar-refractivity contribution < 1.29 is 0 Å². The first-order valence-corrected chi connectivity index (χ1v) is 8.31. The van der Waals surface area contributed by atoms with Gasteiger partial charge in [-0.3, -0.25) is 0 Å². The van der Waals surface area contributed by atoms with Crippen molar-refractivity contribution in [2.75, 3.05) is 24.6 Å². The Bertz CT molecular complexity index is 619. The van der Waals surface area contributed by atoms with E-state index in [0.717, 1.165) is 35.8 Å². The van der Waals surface area contributed by atoms with Gasteiger partial charge in [0.25, 0.3) is 0 Å². The lowest BCUT2D eigenvalue weighted by molar-refractivity contribution is 0.458. The van der Waals surface area contributed by atoms with Gasteiger partial charge in [0.15, 0.2) is 5.96 Å². The summed E-state index contributed by atoms with van der Waals surface area (Å²) in [5.41, 5.74) is 9.41. The Kier molecular flexibility index (Phi) is 4.46. The van der Waals surface area contributed by atoms with Crippen molar-refractivity contribution in [3.63, 3.8) is 0 Å². The molecule has 108 valence electrons. The first-order valence-electron chi connectivity index (χ1n) is 7.16. The molecule has 2 N–H and O–H groups in total. The number of nitrogens with two attached hydrogens (primary N) is 1. The lowest BCUT2D eigenvalue weighted by atomic mass is 10.0. The van der Waals surface area contributed by atoms with E-state index in [1.807, 2.05) is 48.2 Å². The molecule has 0 aliphatic carbocycles. The van der Waals surface area contributed by atoms with Crippen molar-refractivity contribution in [3.05, 3.63) is 54.6 Å². The molecule has 1 aliphatic heterocycles. The molecule has 0 amide bonds. The molecule has 0 unspecified atom stereocenters. The fourth-order valence-corrected chi connectivity index (χ4v) is 3.32. The lowest BCUT2D eigenvalue weighted by Gasteiger charge is -2.27. The minimum absolute atomic E-state index is 0.624. The number of nitrogens with zero attached hydrogens (tertiary/aromatic N) is 2. The van der Waals surface area contributed by atoms with Crippen LogP contribution < -0.4 is 5.73 Å². The second-order valence-corrected chi connectivity index (χ2v) is 6.18. The molecule has 21 heavy (non-hydrogen) atoms. The maximum atomic E-state index is 6.19. The van der Waals surface area contributed by atoms with Gasteiger partial charge in [-0.25, -0.2) is 4.99 Å². The summed E-state index contributed by atoms with van der Waals surface area (Å²) in [7, 11) is 0. The van der Waals surface area contributed by atoms with Gasteiger partial charge in [-0.2, -0.15) is 11.8 Å². The van der Waals surface area contributed by atoms with Crippen LogP contribution in [0.25, 0.3) is 11.1 Å². The summed E-state index contributed by atoms with van der Waals surface area (Å²) in [6.07, 6.45) is 0. The van der Waals surface area contributed by atoms with E-state index in [-0.39, 0.29) is 0 Å². The summed E-state index contributed by atoms with van der Waals surface area (Å²) >= 11 is 1.97. The van der Waals surface area contributed by atoms with Crippen molar-refractivity contribution in [1.82, 2.24) is 4.90 Å². The highest BCUT2D eigenvalue weighted by atomic mass is 32.2.